The van der Waals surface area contributed by atoms with E-state index in [2.05, 4.69) is 52.4 Å². The Morgan fingerprint density at radius 2 is 2.06 bits per heavy atom. The fraction of sp³-hybridized carbons (Fsp3) is 0.345. The predicted octanol–water partition coefficient (Wildman–Crippen LogP) is 5.16. The summed E-state index contributed by atoms with van der Waals surface area (Å²) >= 11 is 0. The number of nitrogens with zero attached hydrogens (tertiary/aromatic N) is 2. The Bertz CT molecular complexity index is 1200. The van der Waals surface area contributed by atoms with E-state index in [1.165, 1.54) is 11.1 Å². The van der Waals surface area contributed by atoms with E-state index in [0.717, 1.165) is 68.0 Å². The second kappa shape index (κ2) is 8.99. The van der Waals surface area contributed by atoms with Crippen molar-refractivity contribution in [3.05, 3.63) is 101 Å². The van der Waals surface area contributed by atoms with Crippen LogP contribution in [-0.4, -0.2) is 42.7 Å². The molecule has 1 aliphatic carbocycles. The Balaban J connectivity index is 1.17. The van der Waals surface area contributed by atoms with Crippen LogP contribution in [0.5, 0.6) is 5.88 Å². The number of aromatic nitrogens is 1. The van der Waals surface area contributed by atoms with Gasteiger partial charge in [0.25, 0.3) is 0 Å². The van der Waals surface area contributed by atoms with Crippen molar-refractivity contribution in [2.75, 3.05) is 26.7 Å². The molecule has 1 saturated heterocycles. The zero-order valence-corrected chi connectivity index (χ0v) is 19.6. The Morgan fingerprint density at radius 1 is 1.18 bits per heavy atom. The summed E-state index contributed by atoms with van der Waals surface area (Å²) in [4.78, 5) is 7.06. The summed E-state index contributed by atoms with van der Waals surface area (Å²) in [6, 6.07) is 12.8. The van der Waals surface area contributed by atoms with E-state index in [-0.39, 0.29) is 11.7 Å². The lowest BCUT2D eigenvalue weighted by atomic mass is 9.84. The third kappa shape index (κ3) is 3.84. The van der Waals surface area contributed by atoms with Crippen LogP contribution in [0.25, 0.3) is 5.57 Å². The van der Waals surface area contributed by atoms with E-state index in [4.69, 9.17) is 14.2 Å². The molecule has 3 aliphatic heterocycles. The van der Waals surface area contributed by atoms with Crippen molar-refractivity contribution >= 4 is 5.57 Å². The highest BCUT2D eigenvalue weighted by molar-refractivity contribution is 5.80. The van der Waals surface area contributed by atoms with Crippen LogP contribution in [0.2, 0.25) is 0 Å². The molecule has 0 saturated carbocycles. The van der Waals surface area contributed by atoms with Gasteiger partial charge in [0.1, 0.15) is 11.9 Å². The molecule has 5 nitrogen and oxygen atoms in total. The van der Waals surface area contributed by atoms with Gasteiger partial charge in [-0.1, -0.05) is 42.5 Å². The summed E-state index contributed by atoms with van der Waals surface area (Å²) in [5.74, 6) is 1.45. The first-order valence-corrected chi connectivity index (χ1v) is 12.2. The van der Waals surface area contributed by atoms with Crippen molar-refractivity contribution in [3.63, 3.8) is 0 Å². The second-order valence-electron chi connectivity index (χ2n) is 9.36. The SMILES string of the molecule is COC1C=CC=C2Oc3ncccc3C(=CCCN3CCC4(CC3)OCc3ccccc34)C=C21. The Labute approximate surface area is 201 Å². The van der Waals surface area contributed by atoms with E-state index in [1.807, 2.05) is 24.3 Å². The van der Waals surface area contributed by atoms with E-state index >= 15 is 0 Å². The third-order valence-corrected chi connectivity index (χ3v) is 7.46. The molecule has 4 heterocycles. The molecule has 1 aromatic heterocycles. The molecular weight excluding hydrogens is 424 g/mol. The molecule has 1 spiro atoms. The van der Waals surface area contributed by atoms with Crippen LogP contribution < -0.4 is 4.74 Å². The van der Waals surface area contributed by atoms with Crippen molar-refractivity contribution in [1.29, 1.82) is 0 Å². The molecule has 1 aromatic carbocycles. The minimum atomic E-state index is -0.120. The molecule has 0 N–H and O–H groups in total. The Kier molecular flexibility index (Phi) is 5.69. The smallest absolute Gasteiger partial charge is 0.227 e. The monoisotopic (exact) mass is 454 g/mol. The maximum atomic E-state index is 6.33. The second-order valence-corrected chi connectivity index (χ2v) is 9.36. The van der Waals surface area contributed by atoms with E-state index < -0.39 is 0 Å². The largest absolute Gasteiger partial charge is 0.438 e. The van der Waals surface area contributed by atoms with Crippen LogP contribution in [-0.2, 0) is 21.7 Å². The first kappa shape index (κ1) is 21.5. The summed E-state index contributed by atoms with van der Waals surface area (Å²) < 4.78 is 18.2. The minimum Gasteiger partial charge on any atom is -0.438 e. The molecule has 0 bridgehead atoms. The molecule has 2 aromatic rings. The molecule has 1 atom stereocenters. The standard InChI is InChI=1S/C29H30N2O3/c1-32-26-11-4-12-27-24(26)19-21(23-9-5-15-30-28(23)34-27)8-6-16-31-17-13-29(14-18-31)25-10-3-2-7-22(25)20-33-29/h2-5,7-12,15,19,26H,6,13-14,16-18,20H2,1H3. The van der Waals surface area contributed by atoms with Crippen LogP contribution in [0.3, 0.4) is 0 Å². The van der Waals surface area contributed by atoms with Crippen molar-refractivity contribution in [2.24, 2.45) is 0 Å². The zero-order chi connectivity index (χ0) is 23.0. The number of hydrogen-bond acceptors (Lipinski definition) is 5. The lowest BCUT2D eigenvalue weighted by Crippen LogP contribution is -2.42. The van der Waals surface area contributed by atoms with Gasteiger partial charge in [0.05, 0.1) is 12.2 Å². The quantitative estimate of drug-likeness (QED) is 0.638. The third-order valence-electron chi connectivity index (χ3n) is 7.46. The topological polar surface area (TPSA) is 43.8 Å². The van der Waals surface area contributed by atoms with Gasteiger partial charge in [-0.2, -0.15) is 0 Å². The number of allylic oxidation sites excluding steroid dienone is 4. The van der Waals surface area contributed by atoms with E-state index in [9.17, 15) is 0 Å². The highest BCUT2D eigenvalue weighted by atomic mass is 16.5. The molecule has 1 fully saturated rings. The van der Waals surface area contributed by atoms with Gasteiger partial charge in [-0.05, 0) is 60.2 Å². The molecular formula is C29H30N2O3. The molecule has 4 aliphatic rings. The average molecular weight is 455 g/mol. The van der Waals surface area contributed by atoms with Crippen LogP contribution in [0, 0.1) is 0 Å². The summed E-state index contributed by atoms with van der Waals surface area (Å²) in [6.45, 7) is 3.89. The highest BCUT2D eigenvalue weighted by Gasteiger charge is 2.42. The van der Waals surface area contributed by atoms with Crippen molar-refractivity contribution < 1.29 is 14.2 Å². The van der Waals surface area contributed by atoms with Gasteiger partial charge in [-0.15, -0.1) is 0 Å². The van der Waals surface area contributed by atoms with Gasteiger partial charge in [0, 0.05) is 44.1 Å². The highest BCUT2D eigenvalue weighted by Crippen LogP contribution is 2.44. The molecule has 0 amide bonds. The Morgan fingerprint density at radius 3 is 2.94 bits per heavy atom. The molecule has 174 valence electrons. The number of piperidine rings is 1. The van der Waals surface area contributed by atoms with Gasteiger partial charge in [-0.25, -0.2) is 4.98 Å². The van der Waals surface area contributed by atoms with Crippen molar-refractivity contribution in [1.82, 2.24) is 9.88 Å². The van der Waals surface area contributed by atoms with Crippen LogP contribution in [0.15, 0.2) is 84.3 Å². The fourth-order valence-corrected chi connectivity index (χ4v) is 5.58. The maximum Gasteiger partial charge on any atom is 0.227 e. The summed E-state index contributed by atoms with van der Waals surface area (Å²) in [5.41, 5.74) is 5.88. The number of pyridine rings is 1. The molecule has 5 heteroatoms. The molecule has 0 radical (unpaired) electrons. The first-order chi connectivity index (χ1) is 16.8. The number of hydrogen-bond donors (Lipinski definition) is 0. The average Bonchev–Trinajstić information content (AvgIpc) is 3.14. The van der Waals surface area contributed by atoms with Gasteiger partial charge >= 0.3 is 0 Å². The van der Waals surface area contributed by atoms with Crippen LogP contribution in [0.1, 0.15) is 36.0 Å². The number of rotatable bonds is 4. The predicted molar refractivity (Wildman–Crippen MR) is 132 cm³/mol. The summed E-state index contributed by atoms with van der Waals surface area (Å²) in [6.07, 6.45) is 15.3. The molecule has 1 unspecified atom stereocenters. The number of ether oxygens (including phenoxy) is 3. The van der Waals surface area contributed by atoms with Gasteiger partial charge < -0.3 is 19.1 Å². The maximum absolute atomic E-state index is 6.33. The van der Waals surface area contributed by atoms with Crippen molar-refractivity contribution in [3.8, 4) is 5.88 Å². The van der Waals surface area contributed by atoms with Crippen molar-refractivity contribution in [2.45, 2.75) is 37.6 Å². The Hall–Kier alpha value is -2.99. The number of likely N-dealkylation sites (tertiary alicyclic amines) is 1. The lowest BCUT2D eigenvalue weighted by molar-refractivity contribution is -0.0785. The first-order valence-electron chi connectivity index (χ1n) is 12.2. The summed E-state index contributed by atoms with van der Waals surface area (Å²) in [7, 11) is 1.73. The number of fused-ring (bicyclic) bond motifs is 4. The number of methoxy groups -OCH3 is 1. The molecule has 6 rings (SSSR count). The van der Waals surface area contributed by atoms with Gasteiger partial charge in [-0.3, -0.25) is 0 Å². The van der Waals surface area contributed by atoms with Gasteiger partial charge in [0.15, 0.2) is 0 Å². The summed E-state index contributed by atoms with van der Waals surface area (Å²) in [5, 5.41) is 0. The van der Waals surface area contributed by atoms with Crippen LogP contribution >= 0.6 is 0 Å². The lowest BCUT2D eigenvalue weighted by Gasteiger charge is -2.39. The van der Waals surface area contributed by atoms with Gasteiger partial charge in [0.2, 0.25) is 5.88 Å². The van der Waals surface area contributed by atoms with E-state index in [0.29, 0.717) is 5.88 Å². The number of benzene rings is 1. The minimum absolute atomic E-state index is 0.0778. The van der Waals surface area contributed by atoms with E-state index in [1.54, 1.807) is 13.3 Å². The molecule has 34 heavy (non-hydrogen) atoms. The van der Waals surface area contributed by atoms with Crippen LogP contribution in [0.4, 0.5) is 0 Å². The normalized spacial score (nSPS) is 24.0. The zero-order valence-electron chi connectivity index (χ0n) is 19.6. The fourth-order valence-electron chi connectivity index (χ4n) is 5.58.